The molecule has 0 fully saturated rings. The Labute approximate surface area is 187 Å². The molecule has 1 N–H and O–H groups in total. The lowest BCUT2D eigenvalue weighted by molar-refractivity contribution is 0.231. The van der Waals surface area contributed by atoms with Crippen LogP contribution in [0.2, 0.25) is 0 Å². The van der Waals surface area contributed by atoms with Gasteiger partial charge in [-0.25, -0.2) is 0 Å². The number of hydrogen-bond donors (Lipinski definition) is 1. The van der Waals surface area contributed by atoms with Gasteiger partial charge in [0.15, 0.2) is 0 Å². The van der Waals surface area contributed by atoms with Gasteiger partial charge >= 0.3 is 0 Å². The molecular weight excluding hydrogens is 370 g/mol. The summed E-state index contributed by atoms with van der Waals surface area (Å²) in [6, 6.07) is 6.26. The number of nitrogens with zero attached hydrogens (tertiary/aromatic N) is 3. The summed E-state index contributed by atoms with van der Waals surface area (Å²) in [5.74, 6) is 0.448. The standard InChI is InChI=1S/C26H49N3O/c1-6-7-8-9-10-11-12-15-24-16-17-26(30)25(22-24)23-29(20-13-18-27(2)3)21-14-19-28(4)5/h16-17,22,30H,6-15,18-21,23H2,1-5H3. The molecule has 174 valence electrons. The van der Waals surface area contributed by atoms with E-state index in [0.717, 1.165) is 57.5 Å². The molecule has 1 aromatic rings. The average molecular weight is 420 g/mol. The molecule has 0 aliphatic heterocycles. The van der Waals surface area contributed by atoms with Gasteiger partial charge in [-0.3, -0.25) is 4.90 Å². The second-order valence-electron chi connectivity index (χ2n) is 9.42. The molecule has 0 atom stereocenters. The zero-order chi connectivity index (χ0) is 22.2. The van der Waals surface area contributed by atoms with Crippen LogP contribution >= 0.6 is 0 Å². The van der Waals surface area contributed by atoms with Gasteiger partial charge in [-0.2, -0.15) is 0 Å². The molecule has 0 saturated heterocycles. The molecule has 0 aromatic heterocycles. The van der Waals surface area contributed by atoms with Crippen LogP contribution in [0.15, 0.2) is 18.2 Å². The molecular formula is C26H49N3O. The zero-order valence-electron chi connectivity index (χ0n) is 20.6. The molecule has 0 spiro atoms. The first kappa shape index (κ1) is 26.9. The highest BCUT2D eigenvalue weighted by Crippen LogP contribution is 2.22. The highest BCUT2D eigenvalue weighted by atomic mass is 16.3. The van der Waals surface area contributed by atoms with Crippen LogP contribution in [-0.2, 0) is 13.0 Å². The highest BCUT2D eigenvalue weighted by molar-refractivity contribution is 5.36. The Morgan fingerprint density at radius 1 is 0.700 bits per heavy atom. The van der Waals surface area contributed by atoms with Crippen molar-refractivity contribution in [3.05, 3.63) is 29.3 Å². The molecule has 0 amide bonds. The van der Waals surface area contributed by atoms with Crippen molar-refractivity contribution in [1.29, 1.82) is 0 Å². The Morgan fingerprint density at radius 3 is 1.83 bits per heavy atom. The van der Waals surface area contributed by atoms with E-state index in [1.54, 1.807) is 0 Å². The van der Waals surface area contributed by atoms with Crippen LogP contribution in [0.5, 0.6) is 5.75 Å². The molecule has 0 unspecified atom stereocenters. The van der Waals surface area contributed by atoms with Crippen molar-refractivity contribution in [2.75, 3.05) is 54.4 Å². The summed E-state index contributed by atoms with van der Waals surface area (Å²) in [7, 11) is 8.54. The maximum atomic E-state index is 10.5. The number of rotatable bonds is 18. The first-order valence-electron chi connectivity index (χ1n) is 12.2. The van der Waals surface area contributed by atoms with Crippen molar-refractivity contribution >= 4 is 0 Å². The number of hydrogen-bond acceptors (Lipinski definition) is 4. The molecule has 1 aromatic carbocycles. The molecule has 0 bridgehead atoms. The molecule has 0 aliphatic carbocycles. The number of aryl methyl sites for hydroxylation is 1. The second kappa shape index (κ2) is 16.6. The Kier molecular flexibility index (Phi) is 14.9. The Morgan fingerprint density at radius 2 is 1.27 bits per heavy atom. The van der Waals surface area contributed by atoms with Crippen molar-refractivity contribution in [3.8, 4) is 5.75 Å². The van der Waals surface area contributed by atoms with Crippen LogP contribution in [0.1, 0.15) is 75.8 Å². The van der Waals surface area contributed by atoms with Crippen LogP contribution in [0, 0.1) is 0 Å². The van der Waals surface area contributed by atoms with Gasteiger partial charge in [0.05, 0.1) is 0 Å². The van der Waals surface area contributed by atoms with E-state index in [1.165, 1.54) is 50.5 Å². The summed E-state index contributed by atoms with van der Waals surface area (Å²) >= 11 is 0. The summed E-state index contributed by atoms with van der Waals surface area (Å²) < 4.78 is 0. The van der Waals surface area contributed by atoms with Crippen LogP contribution in [-0.4, -0.2) is 74.2 Å². The monoisotopic (exact) mass is 419 g/mol. The topological polar surface area (TPSA) is 30.0 Å². The largest absolute Gasteiger partial charge is 0.508 e. The predicted octanol–water partition coefficient (Wildman–Crippen LogP) is 5.39. The molecule has 4 heteroatoms. The summed E-state index contributed by atoms with van der Waals surface area (Å²) in [5, 5.41) is 10.5. The summed E-state index contributed by atoms with van der Waals surface area (Å²) in [4.78, 5) is 7.01. The first-order chi connectivity index (χ1) is 14.4. The molecule has 0 aliphatic rings. The fraction of sp³-hybridized carbons (Fsp3) is 0.769. The predicted molar refractivity (Wildman–Crippen MR) is 131 cm³/mol. The van der Waals surface area contributed by atoms with E-state index in [9.17, 15) is 5.11 Å². The van der Waals surface area contributed by atoms with Crippen molar-refractivity contribution in [1.82, 2.24) is 14.7 Å². The third kappa shape index (κ3) is 13.3. The van der Waals surface area contributed by atoms with E-state index in [1.807, 2.05) is 6.07 Å². The van der Waals surface area contributed by atoms with Crippen molar-refractivity contribution < 1.29 is 5.11 Å². The van der Waals surface area contributed by atoms with E-state index >= 15 is 0 Å². The number of benzene rings is 1. The number of phenolic OH excluding ortho intramolecular Hbond substituents is 1. The minimum atomic E-state index is 0.448. The zero-order valence-corrected chi connectivity index (χ0v) is 20.6. The van der Waals surface area contributed by atoms with Gasteiger partial charge in [-0.05, 0) is 91.7 Å². The van der Waals surface area contributed by atoms with Gasteiger partial charge in [0.25, 0.3) is 0 Å². The molecule has 0 heterocycles. The minimum absolute atomic E-state index is 0.448. The lowest BCUT2D eigenvalue weighted by Crippen LogP contribution is -2.30. The van der Waals surface area contributed by atoms with Crippen molar-refractivity contribution in [2.45, 2.75) is 77.7 Å². The Hall–Kier alpha value is -1.10. The molecule has 0 saturated carbocycles. The maximum absolute atomic E-state index is 10.5. The van der Waals surface area contributed by atoms with Crippen LogP contribution in [0.4, 0.5) is 0 Å². The van der Waals surface area contributed by atoms with E-state index < -0.39 is 0 Å². The Bertz CT molecular complexity index is 531. The van der Waals surface area contributed by atoms with E-state index in [4.69, 9.17) is 0 Å². The highest BCUT2D eigenvalue weighted by Gasteiger charge is 2.11. The van der Waals surface area contributed by atoms with Gasteiger partial charge in [0, 0.05) is 12.1 Å². The second-order valence-corrected chi connectivity index (χ2v) is 9.42. The van der Waals surface area contributed by atoms with Crippen LogP contribution in [0.3, 0.4) is 0 Å². The van der Waals surface area contributed by atoms with Crippen LogP contribution in [0.25, 0.3) is 0 Å². The molecule has 30 heavy (non-hydrogen) atoms. The molecule has 0 radical (unpaired) electrons. The first-order valence-corrected chi connectivity index (χ1v) is 12.2. The lowest BCUT2D eigenvalue weighted by atomic mass is 10.0. The molecule has 4 nitrogen and oxygen atoms in total. The summed E-state index contributed by atoms with van der Waals surface area (Å²) in [6.07, 6.45) is 12.8. The fourth-order valence-electron chi connectivity index (χ4n) is 3.94. The van der Waals surface area contributed by atoms with Gasteiger partial charge in [0.2, 0.25) is 0 Å². The normalized spacial score (nSPS) is 11.9. The van der Waals surface area contributed by atoms with E-state index in [0.29, 0.717) is 5.75 Å². The van der Waals surface area contributed by atoms with Gasteiger partial charge in [0.1, 0.15) is 5.75 Å². The minimum Gasteiger partial charge on any atom is -0.508 e. The summed E-state index contributed by atoms with van der Waals surface area (Å²) in [6.45, 7) is 7.48. The van der Waals surface area contributed by atoms with Crippen molar-refractivity contribution in [2.24, 2.45) is 0 Å². The number of unbranched alkanes of at least 4 members (excludes halogenated alkanes) is 6. The SMILES string of the molecule is CCCCCCCCCc1ccc(O)c(CN(CCCN(C)C)CCCN(C)C)c1. The number of phenols is 1. The number of aromatic hydroxyl groups is 1. The molecule has 1 rings (SSSR count). The van der Waals surface area contributed by atoms with E-state index in [2.05, 4.69) is 61.9 Å². The third-order valence-corrected chi connectivity index (χ3v) is 5.77. The van der Waals surface area contributed by atoms with Gasteiger partial charge < -0.3 is 14.9 Å². The summed E-state index contributed by atoms with van der Waals surface area (Å²) in [5.41, 5.74) is 2.46. The quantitative estimate of drug-likeness (QED) is 0.323. The third-order valence-electron chi connectivity index (χ3n) is 5.77. The van der Waals surface area contributed by atoms with E-state index in [-0.39, 0.29) is 0 Å². The van der Waals surface area contributed by atoms with Gasteiger partial charge in [-0.15, -0.1) is 0 Å². The van der Waals surface area contributed by atoms with Crippen LogP contribution < -0.4 is 0 Å². The average Bonchev–Trinajstić information content (AvgIpc) is 2.68. The Balaban J connectivity index is 2.56. The van der Waals surface area contributed by atoms with Gasteiger partial charge in [-0.1, -0.05) is 57.6 Å². The lowest BCUT2D eigenvalue weighted by Gasteiger charge is -2.24. The maximum Gasteiger partial charge on any atom is 0.120 e. The van der Waals surface area contributed by atoms with Crippen molar-refractivity contribution in [3.63, 3.8) is 0 Å². The fourth-order valence-corrected chi connectivity index (χ4v) is 3.94. The smallest absolute Gasteiger partial charge is 0.120 e.